The van der Waals surface area contributed by atoms with Crippen LogP contribution < -0.4 is 10.9 Å². The van der Waals surface area contributed by atoms with Gasteiger partial charge < -0.3 is 4.74 Å². The van der Waals surface area contributed by atoms with Crippen molar-refractivity contribution in [2.75, 3.05) is 0 Å². The van der Waals surface area contributed by atoms with E-state index in [-0.39, 0.29) is 17.8 Å². The predicted molar refractivity (Wildman–Crippen MR) is 89.3 cm³/mol. The first kappa shape index (κ1) is 18.4. The van der Waals surface area contributed by atoms with E-state index in [1.54, 1.807) is 20.8 Å². The van der Waals surface area contributed by atoms with Gasteiger partial charge in [-0.1, -0.05) is 24.4 Å². The van der Waals surface area contributed by atoms with Gasteiger partial charge in [-0.3, -0.25) is 5.43 Å². The topological polar surface area (TPSA) is 99.9 Å². The Labute approximate surface area is 146 Å². The molecule has 0 spiro atoms. The van der Waals surface area contributed by atoms with Gasteiger partial charge in [-0.05, 0) is 33.6 Å². The number of hydrazine groups is 1. The van der Waals surface area contributed by atoms with E-state index < -0.39 is 11.7 Å². The van der Waals surface area contributed by atoms with Crippen LogP contribution in [-0.4, -0.2) is 27.7 Å². The maximum absolute atomic E-state index is 11.8. The Balaban J connectivity index is 2.08. The minimum atomic E-state index is -0.560. The number of ether oxygens (including phenoxy) is 1. The Bertz CT molecular complexity index is 638. The van der Waals surface area contributed by atoms with Crippen molar-refractivity contribution in [3.8, 4) is 6.07 Å². The molecule has 7 nitrogen and oxygen atoms in total. The molecule has 1 aromatic rings. The van der Waals surface area contributed by atoms with Crippen LogP contribution in [0.15, 0.2) is 6.20 Å². The second-order valence-electron chi connectivity index (χ2n) is 6.81. The van der Waals surface area contributed by atoms with Crippen molar-refractivity contribution in [3.63, 3.8) is 0 Å². The van der Waals surface area contributed by atoms with Crippen molar-refractivity contribution in [3.05, 3.63) is 22.7 Å². The number of amides is 1. The lowest BCUT2D eigenvalue weighted by Crippen LogP contribution is -2.49. The highest BCUT2D eigenvalue weighted by Gasteiger charge is 2.30. The summed E-state index contributed by atoms with van der Waals surface area (Å²) >= 11 is 6.23. The lowest BCUT2D eigenvalue weighted by molar-refractivity contribution is 0.0478. The molecule has 0 saturated heterocycles. The molecule has 1 aliphatic carbocycles. The van der Waals surface area contributed by atoms with Crippen LogP contribution in [0, 0.1) is 11.3 Å². The molecule has 2 N–H and O–H groups in total. The summed E-state index contributed by atoms with van der Waals surface area (Å²) in [6, 6.07) is 1.90. The van der Waals surface area contributed by atoms with E-state index in [9.17, 15) is 4.79 Å². The van der Waals surface area contributed by atoms with Gasteiger partial charge in [0.15, 0.2) is 0 Å². The number of halogens is 1. The summed E-state index contributed by atoms with van der Waals surface area (Å²) in [6.07, 6.45) is 4.74. The number of hydrogen-bond acceptors (Lipinski definition) is 6. The van der Waals surface area contributed by atoms with Crippen molar-refractivity contribution >= 4 is 17.7 Å². The van der Waals surface area contributed by atoms with Gasteiger partial charge in [0.2, 0.25) is 5.82 Å². The van der Waals surface area contributed by atoms with E-state index in [0.29, 0.717) is 10.7 Å². The number of carbonyl (C=O) groups excluding carboxylic acids is 1. The van der Waals surface area contributed by atoms with Gasteiger partial charge >= 0.3 is 6.09 Å². The molecule has 1 amide bonds. The van der Waals surface area contributed by atoms with Crippen LogP contribution in [0.3, 0.4) is 0 Å². The number of aromatic nitrogens is 2. The van der Waals surface area contributed by atoms with Gasteiger partial charge in [-0.2, -0.15) is 5.26 Å². The molecule has 0 bridgehead atoms. The van der Waals surface area contributed by atoms with Crippen molar-refractivity contribution < 1.29 is 9.53 Å². The van der Waals surface area contributed by atoms with Crippen LogP contribution >= 0.6 is 11.6 Å². The smallest absolute Gasteiger partial charge is 0.422 e. The highest BCUT2D eigenvalue weighted by Crippen LogP contribution is 2.35. The Morgan fingerprint density at radius 1 is 1.42 bits per heavy atom. The fourth-order valence-electron chi connectivity index (χ4n) is 2.78. The third kappa shape index (κ3) is 5.05. The quantitative estimate of drug-likeness (QED) is 0.812. The van der Waals surface area contributed by atoms with Gasteiger partial charge in [-0.15, -0.1) is 0 Å². The third-order valence-electron chi connectivity index (χ3n) is 3.75. The van der Waals surface area contributed by atoms with Gasteiger partial charge in [0.1, 0.15) is 11.7 Å². The highest BCUT2D eigenvalue weighted by molar-refractivity contribution is 6.31. The standard InChI is InChI=1S/C16H22ClN5O2/c1-16(2,3)24-15(23)22-21-12-7-5-4-6-10(12)14-11(17)9-19-13(8-18)20-14/h9-10,12,21H,4-7H2,1-3H3,(H,22,23). The second kappa shape index (κ2) is 7.77. The molecule has 1 aromatic heterocycles. The van der Waals surface area contributed by atoms with E-state index >= 15 is 0 Å². The minimum Gasteiger partial charge on any atom is -0.443 e. The molecule has 130 valence electrons. The summed E-state index contributed by atoms with van der Waals surface area (Å²) in [7, 11) is 0. The number of carbonyl (C=O) groups is 1. The lowest BCUT2D eigenvalue weighted by atomic mass is 9.82. The van der Waals surface area contributed by atoms with Crippen LogP contribution in [0.1, 0.15) is 63.9 Å². The molecule has 8 heteroatoms. The third-order valence-corrected chi connectivity index (χ3v) is 4.04. The molecule has 2 rings (SSSR count). The fraction of sp³-hybridized carbons (Fsp3) is 0.625. The zero-order valence-corrected chi connectivity index (χ0v) is 14.9. The van der Waals surface area contributed by atoms with Gasteiger partial charge in [0, 0.05) is 12.0 Å². The Kier molecular flexibility index (Phi) is 5.97. The molecule has 0 aliphatic heterocycles. The summed E-state index contributed by atoms with van der Waals surface area (Å²) in [5.41, 5.74) is 5.71. The maximum Gasteiger partial charge on any atom is 0.422 e. The van der Waals surface area contributed by atoms with E-state index in [4.69, 9.17) is 21.6 Å². The number of nitrogens with zero attached hydrogens (tertiary/aromatic N) is 3. The van der Waals surface area contributed by atoms with Crippen LogP contribution in [-0.2, 0) is 4.74 Å². The molecule has 1 fully saturated rings. The average molecular weight is 352 g/mol. The Morgan fingerprint density at radius 3 is 2.79 bits per heavy atom. The van der Waals surface area contributed by atoms with Crippen LogP contribution in [0.4, 0.5) is 4.79 Å². The van der Waals surface area contributed by atoms with Crippen molar-refractivity contribution in [2.45, 2.75) is 64.0 Å². The van der Waals surface area contributed by atoms with E-state index in [2.05, 4.69) is 20.8 Å². The number of nitriles is 1. The summed E-state index contributed by atoms with van der Waals surface area (Å²) < 4.78 is 5.22. The van der Waals surface area contributed by atoms with Gasteiger partial charge in [0.05, 0.1) is 16.9 Å². The average Bonchev–Trinajstić information content (AvgIpc) is 2.52. The summed E-state index contributed by atoms with van der Waals surface area (Å²) in [5.74, 6) is 0.0927. The Morgan fingerprint density at radius 2 is 2.12 bits per heavy atom. The number of nitrogens with one attached hydrogen (secondary N) is 2. The van der Waals surface area contributed by atoms with E-state index in [1.807, 2.05) is 6.07 Å². The normalized spacial score (nSPS) is 21.0. The minimum absolute atomic E-state index is 0.00344. The second-order valence-corrected chi connectivity index (χ2v) is 7.21. The van der Waals surface area contributed by atoms with E-state index in [0.717, 1.165) is 25.7 Å². The SMILES string of the molecule is CC(C)(C)OC(=O)NNC1CCCCC1c1nc(C#N)ncc1Cl. The zero-order valence-electron chi connectivity index (χ0n) is 14.1. The molecule has 0 radical (unpaired) electrons. The van der Waals surface area contributed by atoms with Crippen LogP contribution in [0.2, 0.25) is 5.02 Å². The lowest BCUT2D eigenvalue weighted by Gasteiger charge is -2.32. The van der Waals surface area contributed by atoms with Crippen LogP contribution in [0.25, 0.3) is 0 Å². The molecule has 1 aliphatic rings. The van der Waals surface area contributed by atoms with Crippen LogP contribution in [0.5, 0.6) is 0 Å². The van der Waals surface area contributed by atoms with Gasteiger partial charge in [-0.25, -0.2) is 20.2 Å². The first-order valence-corrected chi connectivity index (χ1v) is 8.35. The summed E-state index contributed by atoms with van der Waals surface area (Å²) in [4.78, 5) is 20.0. The predicted octanol–water partition coefficient (Wildman–Crippen LogP) is 3.06. The summed E-state index contributed by atoms with van der Waals surface area (Å²) in [5, 5.41) is 9.43. The van der Waals surface area contributed by atoms with Crippen molar-refractivity contribution in [2.24, 2.45) is 0 Å². The molecule has 2 unspecified atom stereocenters. The molecular formula is C16H22ClN5O2. The van der Waals surface area contributed by atoms with Gasteiger partial charge in [0.25, 0.3) is 0 Å². The monoisotopic (exact) mass is 351 g/mol. The highest BCUT2D eigenvalue weighted by atomic mass is 35.5. The van der Waals surface area contributed by atoms with Crippen molar-refractivity contribution in [1.29, 1.82) is 5.26 Å². The maximum atomic E-state index is 11.8. The first-order chi connectivity index (χ1) is 11.3. The zero-order chi connectivity index (χ0) is 17.7. The molecule has 24 heavy (non-hydrogen) atoms. The molecular weight excluding hydrogens is 330 g/mol. The summed E-state index contributed by atoms with van der Waals surface area (Å²) in [6.45, 7) is 5.42. The molecule has 1 heterocycles. The van der Waals surface area contributed by atoms with Crippen molar-refractivity contribution in [1.82, 2.24) is 20.8 Å². The number of hydrogen-bond donors (Lipinski definition) is 2. The molecule has 2 atom stereocenters. The van der Waals surface area contributed by atoms with E-state index in [1.165, 1.54) is 6.20 Å². The molecule has 1 saturated carbocycles. The largest absolute Gasteiger partial charge is 0.443 e. The first-order valence-electron chi connectivity index (χ1n) is 7.97. The molecule has 0 aromatic carbocycles. The fourth-order valence-corrected chi connectivity index (χ4v) is 3.01. The number of rotatable bonds is 3. The Hall–Kier alpha value is -1.91.